The first-order valence-electron chi connectivity index (χ1n) is 8.03. The third-order valence-electron chi connectivity index (χ3n) is 4.61. The highest BCUT2D eigenvalue weighted by molar-refractivity contribution is 5.06. The highest BCUT2D eigenvalue weighted by Crippen LogP contribution is 2.36. The van der Waals surface area contributed by atoms with Gasteiger partial charge in [0, 0.05) is 6.04 Å². The molecule has 1 N–H and O–H groups in total. The summed E-state index contributed by atoms with van der Waals surface area (Å²) in [4.78, 5) is 0. The largest absolute Gasteiger partial charge is 0.462 e. The van der Waals surface area contributed by atoms with Gasteiger partial charge in [-0.15, -0.1) is 0 Å². The summed E-state index contributed by atoms with van der Waals surface area (Å²) < 4.78 is 11.8. The van der Waals surface area contributed by atoms with E-state index in [9.17, 15) is 0 Å². The van der Waals surface area contributed by atoms with Gasteiger partial charge in [-0.05, 0) is 56.1 Å². The molecule has 2 aliphatic rings. The molecule has 2 fully saturated rings. The van der Waals surface area contributed by atoms with Gasteiger partial charge in [0.05, 0.1) is 12.6 Å². The lowest BCUT2D eigenvalue weighted by Crippen LogP contribution is -2.26. The summed E-state index contributed by atoms with van der Waals surface area (Å²) in [6.07, 6.45) is 7.96. The van der Waals surface area contributed by atoms with E-state index in [0.717, 1.165) is 24.1 Å². The first-order valence-corrected chi connectivity index (χ1v) is 8.03. The molecule has 0 aliphatic heterocycles. The van der Waals surface area contributed by atoms with Crippen molar-refractivity contribution in [3.63, 3.8) is 0 Å². The smallest absolute Gasteiger partial charge is 0.129 e. The number of furan rings is 1. The fraction of sp³-hybridized carbons (Fsp3) is 0.765. The van der Waals surface area contributed by atoms with Crippen molar-refractivity contribution >= 4 is 0 Å². The summed E-state index contributed by atoms with van der Waals surface area (Å²) in [5.41, 5.74) is 0.506. The van der Waals surface area contributed by atoms with Crippen LogP contribution in [0.3, 0.4) is 0 Å². The number of hydrogen-bond donors (Lipinski definition) is 1. The lowest BCUT2D eigenvalue weighted by Gasteiger charge is -2.34. The maximum Gasteiger partial charge on any atom is 0.129 e. The molecule has 0 amide bonds. The summed E-state index contributed by atoms with van der Waals surface area (Å²) >= 11 is 0. The second kappa shape index (κ2) is 5.90. The lowest BCUT2D eigenvalue weighted by atomic mass is 9.76. The van der Waals surface area contributed by atoms with Crippen molar-refractivity contribution in [3.8, 4) is 0 Å². The van der Waals surface area contributed by atoms with Gasteiger partial charge in [0.25, 0.3) is 0 Å². The molecule has 3 rings (SSSR count). The van der Waals surface area contributed by atoms with Crippen molar-refractivity contribution in [1.82, 2.24) is 5.32 Å². The van der Waals surface area contributed by atoms with Crippen LogP contribution >= 0.6 is 0 Å². The topological polar surface area (TPSA) is 34.4 Å². The molecule has 20 heavy (non-hydrogen) atoms. The molecule has 2 aliphatic carbocycles. The van der Waals surface area contributed by atoms with Gasteiger partial charge in [-0.2, -0.15) is 0 Å². The van der Waals surface area contributed by atoms with Gasteiger partial charge in [0.15, 0.2) is 0 Å². The zero-order valence-corrected chi connectivity index (χ0v) is 12.8. The van der Waals surface area contributed by atoms with Crippen molar-refractivity contribution in [1.29, 1.82) is 0 Å². The summed E-state index contributed by atoms with van der Waals surface area (Å²) in [5.74, 6) is 1.99. The maximum absolute atomic E-state index is 6.00. The minimum Gasteiger partial charge on any atom is -0.462 e. The van der Waals surface area contributed by atoms with Crippen LogP contribution < -0.4 is 5.32 Å². The Morgan fingerprint density at radius 3 is 2.55 bits per heavy atom. The van der Waals surface area contributed by atoms with E-state index in [0.29, 0.717) is 18.1 Å². The Morgan fingerprint density at radius 2 is 1.85 bits per heavy atom. The Balaban J connectivity index is 1.39. The Bertz CT molecular complexity index is 424. The lowest BCUT2D eigenvalue weighted by molar-refractivity contribution is -0.0123. The molecule has 1 aromatic rings. The van der Waals surface area contributed by atoms with E-state index < -0.39 is 0 Å². The molecule has 3 heteroatoms. The Labute approximate surface area is 122 Å². The van der Waals surface area contributed by atoms with Crippen molar-refractivity contribution in [3.05, 3.63) is 23.7 Å². The molecular formula is C17H27NO2. The second-order valence-electron chi connectivity index (χ2n) is 7.20. The molecule has 1 aromatic heterocycles. The van der Waals surface area contributed by atoms with Crippen LogP contribution in [0.4, 0.5) is 0 Å². The Morgan fingerprint density at radius 1 is 1.15 bits per heavy atom. The molecule has 0 aromatic carbocycles. The first kappa shape index (κ1) is 14.2. The van der Waals surface area contributed by atoms with Crippen LogP contribution in [-0.2, 0) is 17.9 Å². The molecule has 0 radical (unpaired) electrons. The quantitative estimate of drug-likeness (QED) is 0.853. The van der Waals surface area contributed by atoms with Gasteiger partial charge in [0.2, 0.25) is 0 Å². The standard InChI is InChI=1S/C17H27NO2/c1-17(2)9-7-14(8-10-17)19-12-16-6-5-15(20-16)11-18-13-3-4-13/h5-6,13-14,18H,3-4,7-12H2,1-2H3. The second-order valence-corrected chi connectivity index (χ2v) is 7.20. The van der Waals surface area contributed by atoms with Gasteiger partial charge >= 0.3 is 0 Å². The molecule has 0 unspecified atom stereocenters. The molecule has 0 atom stereocenters. The summed E-state index contributed by atoms with van der Waals surface area (Å²) in [6, 6.07) is 4.85. The van der Waals surface area contributed by atoms with E-state index in [1.54, 1.807) is 0 Å². The van der Waals surface area contributed by atoms with E-state index in [-0.39, 0.29) is 0 Å². The predicted molar refractivity (Wildman–Crippen MR) is 79.4 cm³/mol. The molecule has 112 valence electrons. The number of rotatable bonds is 6. The zero-order valence-electron chi connectivity index (χ0n) is 12.8. The third-order valence-corrected chi connectivity index (χ3v) is 4.61. The fourth-order valence-electron chi connectivity index (χ4n) is 2.87. The van der Waals surface area contributed by atoms with Crippen molar-refractivity contribution in [2.75, 3.05) is 0 Å². The van der Waals surface area contributed by atoms with Gasteiger partial charge in [0.1, 0.15) is 18.1 Å². The van der Waals surface area contributed by atoms with Gasteiger partial charge in [-0.25, -0.2) is 0 Å². The van der Waals surface area contributed by atoms with E-state index in [1.807, 2.05) is 0 Å². The first-order chi connectivity index (χ1) is 9.61. The van der Waals surface area contributed by atoms with Crippen molar-refractivity contribution in [2.24, 2.45) is 5.41 Å². The molecule has 3 nitrogen and oxygen atoms in total. The summed E-state index contributed by atoms with van der Waals surface area (Å²) in [5, 5.41) is 3.47. The van der Waals surface area contributed by atoms with Crippen molar-refractivity contribution < 1.29 is 9.15 Å². The number of ether oxygens (including phenoxy) is 1. The molecule has 1 heterocycles. The molecule has 2 saturated carbocycles. The monoisotopic (exact) mass is 277 g/mol. The minimum atomic E-state index is 0.418. The molecule has 0 saturated heterocycles. The summed E-state index contributed by atoms with van der Waals surface area (Å²) in [6.45, 7) is 6.18. The van der Waals surface area contributed by atoms with E-state index in [4.69, 9.17) is 9.15 Å². The van der Waals surface area contributed by atoms with Crippen molar-refractivity contribution in [2.45, 2.75) is 77.7 Å². The van der Waals surface area contributed by atoms with E-state index in [2.05, 4.69) is 31.3 Å². The van der Waals surface area contributed by atoms with Gasteiger partial charge < -0.3 is 14.5 Å². The summed E-state index contributed by atoms with van der Waals surface area (Å²) in [7, 11) is 0. The molecule has 0 bridgehead atoms. The number of hydrogen-bond acceptors (Lipinski definition) is 3. The number of nitrogens with one attached hydrogen (secondary N) is 1. The van der Waals surface area contributed by atoms with Crippen LogP contribution in [-0.4, -0.2) is 12.1 Å². The van der Waals surface area contributed by atoms with Crippen LogP contribution in [0.25, 0.3) is 0 Å². The average Bonchev–Trinajstić information content (AvgIpc) is 3.14. The maximum atomic E-state index is 6.00. The van der Waals surface area contributed by atoms with E-state index in [1.165, 1.54) is 38.5 Å². The predicted octanol–water partition coefficient (Wildman–Crippen LogP) is 4.02. The molecule has 0 spiro atoms. The van der Waals surface area contributed by atoms with Crippen LogP contribution in [0.2, 0.25) is 0 Å². The van der Waals surface area contributed by atoms with E-state index >= 15 is 0 Å². The Kier molecular flexibility index (Phi) is 4.18. The van der Waals surface area contributed by atoms with Crippen LogP contribution in [0, 0.1) is 5.41 Å². The van der Waals surface area contributed by atoms with Crippen LogP contribution in [0.5, 0.6) is 0 Å². The highest BCUT2D eigenvalue weighted by Gasteiger charge is 2.27. The zero-order chi connectivity index (χ0) is 14.0. The fourth-order valence-corrected chi connectivity index (χ4v) is 2.87. The Hall–Kier alpha value is -0.800. The SMILES string of the molecule is CC1(C)CCC(OCc2ccc(CNC3CC3)o2)CC1. The van der Waals surface area contributed by atoms with Crippen LogP contribution in [0.15, 0.2) is 16.5 Å². The third kappa shape index (κ3) is 4.10. The van der Waals surface area contributed by atoms with Crippen LogP contribution in [0.1, 0.15) is 63.9 Å². The molecular weight excluding hydrogens is 250 g/mol. The average molecular weight is 277 g/mol. The normalized spacial score (nSPS) is 23.1. The highest BCUT2D eigenvalue weighted by atomic mass is 16.5. The van der Waals surface area contributed by atoms with Gasteiger partial charge in [-0.1, -0.05) is 13.8 Å². The van der Waals surface area contributed by atoms with Gasteiger partial charge in [-0.3, -0.25) is 0 Å². The minimum absolute atomic E-state index is 0.418.